The van der Waals surface area contributed by atoms with Gasteiger partial charge in [0.05, 0.1) is 0 Å². The van der Waals surface area contributed by atoms with Crippen LogP contribution in [0, 0.1) is 6.92 Å². The summed E-state index contributed by atoms with van der Waals surface area (Å²) in [5.41, 5.74) is 9.96. The van der Waals surface area contributed by atoms with E-state index >= 15 is 0 Å². The fourth-order valence-electron chi connectivity index (χ4n) is 2.26. The fraction of sp³-hybridized carbons (Fsp3) is 0.500. The Labute approximate surface area is 85.7 Å². The molecular weight excluding hydrogens is 172 g/mol. The molecule has 2 N–H and O–H groups in total. The molecule has 0 aromatic heterocycles. The van der Waals surface area contributed by atoms with Gasteiger partial charge in [0.2, 0.25) is 0 Å². The number of hydrogen-bond donors (Lipinski definition) is 1. The van der Waals surface area contributed by atoms with Gasteiger partial charge in [-0.3, -0.25) is 0 Å². The van der Waals surface area contributed by atoms with Crippen LogP contribution in [-0.4, -0.2) is 19.6 Å². The van der Waals surface area contributed by atoms with E-state index in [0.29, 0.717) is 0 Å². The van der Waals surface area contributed by atoms with Gasteiger partial charge in [0.25, 0.3) is 0 Å². The van der Waals surface area contributed by atoms with Gasteiger partial charge in [0.1, 0.15) is 0 Å². The Hall–Kier alpha value is -1.02. The Kier molecular flexibility index (Phi) is 2.73. The van der Waals surface area contributed by atoms with E-state index in [1.54, 1.807) is 0 Å². The van der Waals surface area contributed by atoms with Gasteiger partial charge >= 0.3 is 0 Å². The normalized spacial score (nSPS) is 15.4. The van der Waals surface area contributed by atoms with E-state index in [4.69, 9.17) is 5.73 Å². The summed E-state index contributed by atoms with van der Waals surface area (Å²) < 4.78 is 0. The average Bonchev–Trinajstić information content (AvgIpc) is 2.20. The minimum Gasteiger partial charge on any atom is -0.370 e. The third-order valence-corrected chi connectivity index (χ3v) is 2.98. The van der Waals surface area contributed by atoms with Gasteiger partial charge in [-0.15, -0.1) is 0 Å². The summed E-state index contributed by atoms with van der Waals surface area (Å²) in [6.45, 7) is 5.09. The Bertz CT molecular complexity index is 320. The number of fused-ring (bicyclic) bond motifs is 1. The molecule has 0 saturated heterocycles. The van der Waals surface area contributed by atoms with E-state index in [0.717, 1.165) is 19.6 Å². The van der Waals surface area contributed by atoms with Crippen LogP contribution in [0.3, 0.4) is 0 Å². The van der Waals surface area contributed by atoms with Gasteiger partial charge in [-0.25, -0.2) is 0 Å². The van der Waals surface area contributed by atoms with Gasteiger partial charge in [-0.05, 0) is 37.0 Å². The van der Waals surface area contributed by atoms with E-state index in [-0.39, 0.29) is 0 Å². The molecule has 1 aromatic carbocycles. The second-order valence-electron chi connectivity index (χ2n) is 3.95. The average molecular weight is 190 g/mol. The first-order valence-corrected chi connectivity index (χ1v) is 5.36. The van der Waals surface area contributed by atoms with Crippen LogP contribution in [0.2, 0.25) is 0 Å². The summed E-state index contributed by atoms with van der Waals surface area (Å²) in [4.78, 5) is 2.41. The molecule has 0 unspecified atom stereocenters. The molecule has 0 radical (unpaired) electrons. The number of rotatable bonds is 2. The molecule has 0 saturated carbocycles. The lowest BCUT2D eigenvalue weighted by molar-refractivity contribution is 0.689. The van der Waals surface area contributed by atoms with Crippen molar-refractivity contribution in [1.29, 1.82) is 0 Å². The quantitative estimate of drug-likeness (QED) is 0.769. The lowest BCUT2D eigenvalue weighted by Crippen LogP contribution is -2.34. The van der Waals surface area contributed by atoms with Crippen LogP contribution in [0.5, 0.6) is 0 Å². The van der Waals surface area contributed by atoms with E-state index in [9.17, 15) is 0 Å². The predicted molar refractivity (Wildman–Crippen MR) is 60.8 cm³/mol. The first-order chi connectivity index (χ1) is 6.83. The second-order valence-corrected chi connectivity index (χ2v) is 3.95. The molecule has 14 heavy (non-hydrogen) atoms. The summed E-state index contributed by atoms with van der Waals surface area (Å²) in [5, 5.41) is 0. The van der Waals surface area contributed by atoms with Crippen LogP contribution < -0.4 is 10.6 Å². The van der Waals surface area contributed by atoms with Gasteiger partial charge in [0, 0.05) is 25.3 Å². The maximum atomic E-state index is 5.61. The van der Waals surface area contributed by atoms with Crippen molar-refractivity contribution >= 4 is 5.69 Å². The maximum absolute atomic E-state index is 5.61. The topological polar surface area (TPSA) is 29.3 Å². The molecule has 1 aliphatic heterocycles. The van der Waals surface area contributed by atoms with Crippen LogP contribution in [0.4, 0.5) is 5.69 Å². The molecule has 2 nitrogen and oxygen atoms in total. The van der Waals surface area contributed by atoms with Crippen molar-refractivity contribution in [1.82, 2.24) is 0 Å². The summed E-state index contributed by atoms with van der Waals surface area (Å²) in [6.07, 6.45) is 2.49. The molecule has 76 valence electrons. The highest BCUT2D eigenvalue weighted by Gasteiger charge is 2.16. The van der Waals surface area contributed by atoms with Crippen molar-refractivity contribution in [2.45, 2.75) is 19.8 Å². The SMILES string of the molecule is Cc1cccc2c1CCCN2CCN. The van der Waals surface area contributed by atoms with Crippen molar-refractivity contribution in [2.24, 2.45) is 5.73 Å². The summed E-state index contributed by atoms with van der Waals surface area (Å²) >= 11 is 0. The smallest absolute Gasteiger partial charge is 0.0401 e. The molecule has 0 spiro atoms. The number of nitrogens with zero attached hydrogens (tertiary/aromatic N) is 1. The number of anilines is 1. The van der Waals surface area contributed by atoms with E-state index < -0.39 is 0 Å². The van der Waals surface area contributed by atoms with Crippen LogP contribution in [-0.2, 0) is 6.42 Å². The highest BCUT2D eigenvalue weighted by Crippen LogP contribution is 2.28. The molecule has 0 fully saturated rings. The monoisotopic (exact) mass is 190 g/mol. The molecule has 0 bridgehead atoms. The number of nitrogens with two attached hydrogens (primary N) is 1. The Morgan fingerprint density at radius 1 is 1.43 bits per heavy atom. The van der Waals surface area contributed by atoms with E-state index in [2.05, 4.69) is 30.0 Å². The van der Waals surface area contributed by atoms with Crippen LogP contribution in [0.1, 0.15) is 17.5 Å². The highest BCUT2D eigenvalue weighted by atomic mass is 15.1. The molecular formula is C12H18N2. The Balaban J connectivity index is 2.34. The standard InChI is InChI=1S/C12H18N2/c1-10-4-2-6-12-11(10)5-3-8-14(12)9-7-13/h2,4,6H,3,5,7-9,13H2,1H3. The van der Waals surface area contributed by atoms with Gasteiger partial charge in [-0.1, -0.05) is 12.1 Å². The third-order valence-electron chi connectivity index (χ3n) is 2.98. The Morgan fingerprint density at radius 2 is 2.29 bits per heavy atom. The third kappa shape index (κ3) is 1.62. The molecule has 0 amide bonds. The van der Waals surface area contributed by atoms with Crippen LogP contribution in [0.25, 0.3) is 0 Å². The van der Waals surface area contributed by atoms with Crippen molar-refractivity contribution in [3.8, 4) is 0 Å². The first-order valence-electron chi connectivity index (χ1n) is 5.36. The van der Waals surface area contributed by atoms with Crippen molar-refractivity contribution in [3.63, 3.8) is 0 Å². The lowest BCUT2D eigenvalue weighted by atomic mass is 9.97. The van der Waals surface area contributed by atoms with E-state index in [1.165, 1.54) is 29.7 Å². The predicted octanol–water partition coefficient (Wildman–Crippen LogP) is 1.71. The molecule has 2 heteroatoms. The van der Waals surface area contributed by atoms with Crippen LogP contribution in [0.15, 0.2) is 18.2 Å². The largest absolute Gasteiger partial charge is 0.370 e. The Morgan fingerprint density at radius 3 is 3.07 bits per heavy atom. The summed E-state index contributed by atoms with van der Waals surface area (Å²) in [5.74, 6) is 0. The van der Waals surface area contributed by atoms with Crippen molar-refractivity contribution in [3.05, 3.63) is 29.3 Å². The summed E-state index contributed by atoms with van der Waals surface area (Å²) in [6, 6.07) is 6.56. The number of aryl methyl sites for hydroxylation is 1. The van der Waals surface area contributed by atoms with Gasteiger partial charge in [0.15, 0.2) is 0 Å². The molecule has 1 aliphatic rings. The minimum atomic E-state index is 0.743. The maximum Gasteiger partial charge on any atom is 0.0401 e. The van der Waals surface area contributed by atoms with Crippen molar-refractivity contribution in [2.75, 3.05) is 24.5 Å². The van der Waals surface area contributed by atoms with E-state index in [1.807, 2.05) is 0 Å². The lowest BCUT2D eigenvalue weighted by Gasteiger charge is -2.31. The van der Waals surface area contributed by atoms with Crippen LogP contribution >= 0.6 is 0 Å². The van der Waals surface area contributed by atoms with Gasteiger partial charge in [-0.2, -0.15) is 0 Å². The fourth-order valence-corrected chi connectivity index (χ4v) is 2.26. The zero-order valence-corrected chi connectivity index (χ0v) is 8.79. The zero-order chi connectivity index (χ0) is 9.97. The second kappa shape index (κ2) is 4.01. The van der Waals surface area contributed by atoms with Crippen molar-refractivity contribution < 1.29 is 0 Å². The summed E-state index contributed by atoms with van der Waals surface area (Å²) in [7, 11) is 0. The minimum absolute atomic E-state index is 0.743. The molecule has 1 aromatic rings. The van der Waals surface area contributed by atoms with Gasteiger partial charge < -0.3 is 10.6 Å². The first kappa shape index (κ1) is 9.53. The molecule has 0 aliphatic carbocycles. The highest BCUT2D eigenvalue weighted by molar-refractivity contribution is 5.58. The zero-order valence-electron chi connectivity index (χ0n) is 8.79. The number of benzene rings is 1. The molecule has 2 rings (SSSR count). The molecule has 0 atom stereocenters. The number of hydrogen-bond acceptors (Lipinski definition) is 2. The molecule has 1 heterocycles.